The molecule has 0 aliphatic carbocycles. The third-order valence-electron chi connectivity index (χ3n) is 5.80. The molecule has 0 atom stereocenters. The number of Topliss-reactive ketones (excluding diaryl/α,β-unsaturated/α-hetero) is 1. The first-order valence-corrected chi connectivity index (χ1v) is 11.2. The zero-order valence-electron chi connectivity index (χ0n) is 19.3. The van der Waals surface area contributed by atoms with Gasteiger partial charge in [0.1, 0.15) is 23.0 Å². The van der Waals surface area contributed by atoms with Gasteiger partial charge < -0.3 is 23.3 Å². The van der Waals surface area contributed by atoms with Crippen molar-refractivity contribution in [3.63, 3.8) is 0 Å². The highest BCUT2D eigenvalue weighted by atomic mass is 35.5. The Kier molecular flexibility index (Phi) is 5.82. The van der Waals surface area contributed by atoms with E-state index in [-0.39, 0.29) is 23.1 Å². The smallest absolute Gasteiger partial charge is 0.311 e. The first-order valence-electron chi connectivity index (χ1n) is 10.9. The predicted molar refractivity (Wildman–Crippen MR) is 129 cm³/mol. The standard InChI is InChI=1S/C26H21ClN2O6/c1-14-8-18(33-24(30)7-5-17-12-23(27)28-35-17)11-21-25(14)26(31)22(34-21)9-15-13-29(2)20-6-4-16(32-3)10-19(15)20/h4,6,8-13H,5,7H2,1-3H3/b22-9-. The molecule has 35 heavy (non-hydrogen) atoms. The minimum Gasteiger partial charge on any atom is -0.497 e. The molecule has 1 aliphatic heterocycles. The summed E-state index contributed by atoms with van der Waals surface area (Å²) in [6, 6.07) is 10.5. The Morgan fingerprint density at radius 2 is 2.03 bits per heavy atom. The van der Waals surface area contributed by atoms with E-state index in [0.29, 0.717) is 34.8 Å². The maximum atomic E-state index is 13.1. The number of rotatable bonds is 6. The number of allylic oxidation sites excluding steroid dienone is 1. The third kappa shape index (κ3) is 4.40. The maximum Gasteiger partial charge on any atom is 0.311 e. The van der Waals surface area contributed by atoms with Crippen molar-refractivity contribution in [1.82, 2.24) is 9.72 Å². The van der Waals surface area contributed by atoms with Crippen LogP contribution in [0.5, 0.6) is 17.2 Å². The van der Waals surface area contributed by atoms with Gasteiger partial charge in [-0.3, -0.25) is 9.59 Å². The quantitative estimate of drug-likeness (QED) is 0.205. The number of benzene rings is 2. The molecule has 0 N–H and O–H groups in total. The van der Waals surface area contributed by atoms with Crippen LogP contribution in [-0.2, 0) is 18.3 Å². The van der Waals surface area contributed by atoms with Gasteiger partial charge >= 0.3 is 5.97 Å². The molecular weight excluding hydrogens is 472 g/mol. The molecule has 0 amide bonds. The average Bonchev–Trinajstić information content (AvgIpc) is 3.48. The Hall–Kier alpha value is -4.04. The van der Waals surface area contributed by atoms with Crippen LogP contribution in [0, 0.1) is 6.92 Å². The molecule has 0 saturated carbocycles. The Bertz CT molecular complexity index is 1510. The lowest BCUT2D eigenvalue weighted by Crippen LogP contribution is -2.09. The molecule has 1 aliphatic rings. The van der Waals surface area contributed by atoms with Crippen molar-refractivity contribution >= 4 is 40.3 Å². The van der Waals surface area contributed by atoms with Crippen molar-refractivity contribution in [2.24, 2.45) is 7.05 Å². The van der Waals surface area contributed by atoms with E-state index in [2.05, 4.69) is 5.16 Å². The van der Waals surface area contributed by atoms with Gasteiger partial charge in [0.15, 0.2) is 10.9 Å². The second-order valence-electron chi connectivity index (χ2n) is 8.22. The summed E-state index contributed by atoms with van der Waals surface area (Å²) >= 11 is 5.72. The van der Waals surface area contributed by atoms with Gasteiger partial charge in [-0.2, -0.15) is 0 Å². The SMILES string of the molecule is COc1ccc2c(c1)c(/C=C1\Oc3cc(OC(=O)CCc4cc(Cl)no4)cc(C)c3C1=O)cn2C. The molecule has 2 aromatic heterocycles. The van der Waals surface area contributed by atoms with E-state index in [4.69, 9.17) is 30.3 Å². The van der Waals surface area contributed by atoms with Gasteiger partial charge in [0.05, 0.1) is 19.1 Å². The molecular formula is C26H21ClN2O6. The van der Waals surface area contributed by atoms with Gasteiger partial charge in [-0.05, 0) is 42.8 Å². The number of fused-ring (bicyclic) bond motifs is 2. The first kappa shape index (κ1) is 22.7. The van der Waals surface area contributed by atoms with E-state index in [1.54, 1.807) is 38.3 Å². The van der Waals surface area contributed by atoms with Crippen LogP contribution in [0.25, 0.3) is 17.0 Å². The highest BCUT2D eigenvalue weighted by Crippen LogP contribution is 2.38. The molecule has 0 saturated heterocycles. The number of carbonyl (C=O) groups excluding carboxylic acids is 2. The van der Waals surface area contributed by atoms with Gasteiger partial charge in [-0.15, -0.1) is 0 Å². The summed E-state index contributed by atoms with van der Waals surface area (Å²) in [6.07, 6.45) is 4.04. The Labute approximate surface area is 205 Å². The molecule has 8 nitrogen and oxygen atoms in total. The van der Waals surface area contributed by atoms with E-state index < -0.39 is 5.97 Å². The fourth-order valence-electron chi connectivity index (χ4n) is 4.13. The highest BCUT2D eigenvalue weighted by molar-refractivity contribution is 6.29. The van der Waals surface area contributed by atoms with Gasteiger partial charge in [-0.25, -0.2) is 0 Å². The van der Waals surface area contributed by atoms with E-state index in [9.17, 15) is 9.59 Å². The molecule has 0 fully saturated rings. The molecule has 3 heterocycles. The van der Waals surface area contributed by atoms with Crippen LogP contribution in [0.15, 0.2) is 52.9 Å². The molecule has 4 aromatic rings. The van der Waals surface area contributed by atoms with Gasteiger partial charge in [-0.1, -0.05) is 16.8 Å². The number of carbonyl (C=O) groups is 2. The fraction of sp³-hybridized carbons (Fsp3) is 0.192. The van der Waals surface area contributed by atoms with E-state index in [1.807, 2.05) is 36.0 Å². The van der Waals surface area contributed by atoms with Crippen molar-refractivity contribution in [1.29, 1.82) is 0 Å². The van der Waals surface area contributed by atoms with Crippen LogP contribution < -0.4 is 14.2 Å². The molecule has 5 rings (SSSR count). The lowest BCUT2D eigenvalue weighted by Gasteiger charge is -2.07. The third-order valence-corrected chi connectivity index (χ3v) is 5.97. The number of hydrogen-bond donors (Lipinski definition) is 0. The second-order valence-corrected chi connectivity index (χ2v) is 8.61. The van der Waals surface area contributed by atoms with Crippen molar-refractivity contribution in [3.8, 4) is 17.2 Å². The minimum absolute atomic E-state index is 0.0805. The molecule has 0 radical (unpaired) electrons. The molecule has 9 heteroatoms. The number of esters is 1. The Morgan fingerprint density at radius 1 is 1.20 bits per heavy atom. The molecule has 178 valence electrons. The van der Waals surface area contributed by atoms with E-state index >= 15 is 0 Å². The molecule has 0 spiro atoms. The molecule has 0 unspecified atom stereocenters. The largest absolute Gasteiger partial charge is 0.497 e. The van der Waals surface area contributed by atoms with Crippen LogP contribution in [0.3, 0.4) is 0 Å². The van der Waals surface area contributed by atoms with E-state index in [0.717, 1.165) is 22.2 Å². The predicted octanol–water partition coefficient (Wildman–Crippen LogP) is 5.29. The van der Waals surface area contributed by atoms with Gasteiger partial charge in [0, 0.05) is 48.3 Å². The summed E-state index contributed by atoms with van der Waals surface area (Å²) in [5.41, 5.74) is 2.93. The zero-order valence-corrected chi connectivity index (χ0v) is 20.0. The summed E-state index contributed by atoms with van der Waals surface area (Å²) in [5.74, 6) is 1.38. The summed E-state index contributed by atoms with van der Waals surface area (Å²) < 4.78 is 23.7. The number of nitrogens with zero attached hydrogens (tertiary/aromatic N) is 2. The zero-order chi connectivity index (χ0) is 24.7. The first-order chi connectivity index (χ1) is 16.8. The van der Waals surface area contributed by atoms with Crippen LogP contribution in [-0.4, -0.2) is 28.6 Å². The van der Waals surface area contributed by atoms with Crippen molar-refractivity contribution in [2.75, 3.05) is 7.11 Å². The Balaban J connectivity index is 1.37. The number of halogens is 1. The summed E-state index contributed by atoms with van der Waals surface area (Å²) in [5, 5.41) is 4.75. The second kappa shape index (κ2) is 8.96. The number of ketones is 1. The van der Waals surface area contributed by atoms with Crippen molar-refractivity contribution in [3.05, 3.63) is 76.0 Å². The number of ether oxygens (including phenoxy) is 3. The fourth-order valence-corrected chi connectivity index (χ4v) is 4.29. The lowest BCUT2D eigenvalue weighted by molar-refractivity contribution is -0.134. The van der Waals surface area contributed by atoms with Crippen molar-refractivity contribution in [2.45, 2.75) is 19.8 Å². The summed E-state index contributed by atoms with van der Waals surface area (Å²) in [7, 11) is 3.55. The Morgan fingerprint density at radius 3 is 2.77 bits per heavy atom. The topological polar surface area (TPSA) is 92.8 Å². The van der Waals surface area contributed by atoms with Crippen molar-refractivity contribution < 1.29 is 28.3 Å². The number of hydrogen-bond acceptors (Lipinski definition) is 7. The van der Waals surface area contributed by atoms with Crippen LogP contribution in [0.2, 0.25) is 5.15 Å². The minimum atomic E-state index is -0.457. The lowest BCUT2D eigenvalue weighted by atomic mass is 10.0. The van der Waals surface area contributed by atoms with Crippen LogP contribution in [0.1, 0.15) is 33.7 Å². The van der Waals surface area contributed by atoms with Gasteiger partial charge in [0.25, 0.3) is 0 Å². The number of aromatic nitrogens is 2. The highest BCUT2D eigenvalue weighted by Gasteiger charge is 2.30. The summed E-state index contributed by atoms with van der Waals surface area (Å²) in [6.45, 7) is 1.78. The van der Waals surface area contributed by atoms with Crippen LogP contribution in [0.4, 0.5) is 0 Å². The summed E-state index contributed by atoms with van der Waals surface area (Å²) in [4.78, 5) is 25.4. The van der Waals surface area contributed by atoms with E-state index in [1.165, 1.54) is 0 Å². The van der Waals surface area contributed by atoms with Crippen LogP contribution >= 0.6 is 11.6 Å². The maximum absolute atomic E-state index is 13.1. The monoisotopic (exact) mass is 492 g/mol. The normalized spacial score (nSPS) is 13.8. The number of methoxy groups -OCH3 is 1. The number of aryl methyl sites for hydroxylation is 3. The van der Waals surface area contributed by atoms with Gasteiger partial charge in [0.2, 0.25) is 5.78 Å². The average molecular weight is 493 g/mol. The molecule has 0 bridgehead atoms. The molecule has 2 aromatic carbocycles.